The van der Waals surface area contributed by atoms with Crippen LogP contribution in [0.5, 0.6) is 0 Å². The molecule has 0 unspecified atom stereocenters. The Bertz CT molecular complexity index is 1040. The summed E-state index contributed by atoms with van der Waals surface area (Å²) in [6.45, 7) is 0. The fourth-order valence-electron chi connectivity index (χ4n) is 3.08. The summed E-state index contributed by atoms with van der Waals surface area (Å²) in [5, 5.41) is 12.8. The number of nitro benzene ring substituents is 1. The third-order valence-corrected chi connectivity index (χ3v) is 4.38. The van der Waals surface area contributed by atoms with Crippen molar-refractivity contribution in [3.05, 3.63) is 80.9 Å². The molecule has 0 saturated carbocycles. The molecule has 0 bridgehead atoms. The normalized spacial score (nSPS) is 13.4. The first-order valence-corrected chi connectivity index (χ1v) is 7.71. The molecule has 1 aliphatic rings. The highest BCUT2D eigenvalue weighted by molar-refractivity contribution is 6.36. The first-order chi connectivity index (χ1) is 12.0. The molecule has 25 heavy (non-hydrogen) atoms. The largest absolute Gasteiger partial charge is 0.294 e. The Labute approximate surface area is 146 Å². The van der Waals surface area contributed by atoms with Crippen molar-refractivity contribution in [1.29, 1.82) is 0 Å². The van der Waals surface area contributed by atoms with Crippen LogP contribution < -0.4 is 4.90 Å². The zero-order valence-electron chi connectivity index (χ0n) is 12.6. The van der Waals surface area contributed by atoms with Crippen LogP contribution in [0, 0.1) is 10.1 Å². The Morgan fingerprint density at radius 1 is 0.920 bits per heavy atom. The fourth-order valence-corrected chi connectivity index (χ4v) is 3.25. The summed E-state index contributed by atoms with van der Waals surface area (Å²) in [5.74, 6) is -1.19. The van der Waals surface area contributed by atoms with E-state index in [4.69, 9.17) is 11.6 Å². The topological polar surface area (TPSA) is 80.5 Å². The van der Waals surface area contributed by atoms with Crippen molar-refractivity contribution < 1.29 is 14.5 Å². The van der Waals surface area contributed by atoms with Gasteiger partial charge in [-0.15, -0.1) is 0 Å². The Morgan fingerprint density at radius 2 is 1.52 bits per heavy atom. The van der Waals surface area contributed by atoms with Gasteiger partial charge in [-0.25, -0.2) is 4.90 Å². The molecule has 0 aromatic heterocycles. The van der Waals surface area contributed by atoms with E-state index in [0.717, 1.165) is 16.4 Å². The van der Waals surface area contributed by atoms with E-state index in [2.05, 4.69) is 0 Å². The van der Waals surface area contributed by atoms with Crippen molar-refractivity contribution in [2.45, 2.75) is 0 Å². The number of nitrogens with zero attached hydrogens (tertiary/aromatic N) is 2. The minimum absolute atomic E-state index is 0.101. The van der Waals surface area contributed by atoms with Crippen LogP contribution in [0.1, 0.15) is 20.7 Å². The molecule has 1 aliphatic heterocycles. The van der Waals surface area contributed by atoms with Gasteiger partial charge in [-0.05, 0) is 29.7 Å². The lowest BCUT2D eigenvalue weighted by Crippen LogP contribution is -2.40. The number of carbonyl (C=O) groups excluding carboxylic acids is 2. The van der Waals surface area contributed by atoms with Gasteiger partial charge in [-0.2, -0.15) is 0 Å². The Balaban J connectivity index is 2.00. The molecule has 0 N–H and O–H groups in total. The summed E-state index contributed by atoms with van der Waals surface area (Å²) >= 11 is 5.83. The molecule has 7 heteroatoms. The maximum absolute atomic E-state index is 12.9. The minimum atomic E-state index is -0.664. The molecule has 0 saturated heterocycles. The molecule has 3 aromatic carbocycles. The first-order valence-electron chi connectivity index (χ1n) is 7.33. The predicted molar refractivity (Wildman–Crippen MR) is 93.2 cm³/mol. The van der Waals surface area contributed by atoms with Crippen LogP contribution in [-0.2, 0) is 0 Å². The number of amides is 2. The van der Waals surface area contributed by atoms with E-state index in [1.165, 1.54) is 12.1 Å². The Morgan fingerprint density at radius 3 is 2.08 bits per heavy atom. The van der Waals surface area contributed by atoms with Crippen LogP contribution >= 0.6 is 11.6 Å². The quantitative estimate of drug-likeness (QED) is 0.393. The lowest BCUT2D eigenvalue weighted by Gasteiger charge is -2.26. The van der Waals surface area contributed by atoms with Gasteiger partial charge in [0.15, 0.2) is 0 Å². The van der Waals surface area contributed by atoms with E-state index in [0.29, 0.717) is 16.5 Å². The monoisotopic (exact) mass is 352 g/mol. The maximum Gasteiger partial charge on any atom is 0.294 e. The van der Waals surface area contributed by atoms with Gasteiger partial charge < -0.3 is 0 Å². The number of nitro groups is 1. The SMILES string of the molecule is O=C1c2cccc3cccc(c23)C(=O)N1c1ccc(Cl)cc1[N+](=O)[O-]. The Kier molecular flexibility index (Phi) is 3.30. The van der Waals surface area contributed by atoms with E-state index in [1.807, 2.05) is 12.1 Å². The van der Waals surface area contributed by atoms with Crippen LogP contribution in [0.2, 0.25) is 5.02 Å². The highest BCUT2D eigenvalue weighted by Gasteiger charge is 2.37. The van der Waals surface area contributed by atoms with Crippen LogP contribution in [0.25, 0.3) is 10.8 Å². The maximum atomic E-state index is 12.9. The predicted octanol–water partition coefficient (Wildman–Crippen LogP) is 4.20. The van der Waals surface area contributed by atoms with Crippen molar-refractivity contribution in [3.8, 4) is 0 Å². The van der Waals surface area contributed by atoms with E-state index >= 15 is 0 Å². The zero-order valence-corrected chi connectivity index (χ0v) is 13.4. The van der Waals surface area contributed by atoms with Gasteiger partial charge in [0.1, 0.15) is 5.69 Å². The summed E-state index contributed by atoms with van der Waals surface area (Å²) in [6.07, 6.45) is 0. The van der Waals surface area contributed by atoms with E-state index in [9.17, 15) is 19.7 Å². The molecule has 0 aliphatic carbocycles. The van der Waals surface area contributed by atoms with Crippen molar-refractivity contribution in [2.24, 2.45) is 0 Å². The molecule has 6 nitrogen and oxygen atoms in total. The van der Waals surface area contributed by atoms with Gasteiger partial charge in [0.2, 0.25) is 0 Å². The molecular formula is C18H9ClN2O4. The summed E-state index contributed by atoms with van der Waals surface area (Å²) in [4.78, 5) is 37.4. The second-order valence-electron chi connectivity index (χ2n) is 5.55. The van der Waals surface area contributed by atoms with Gasteiger partial charge in [-0.3, -0.25) is 19.7 Å². The molecule has 0 radical (unpaired) electrons. The number of halogens is 1. The van der Waals surface area contributed by atoms with Gasteiger partial charge in [0, 0.05) is 27.6 Å². The van der Waals surface area contributed by atoms with Crippen molar-refractivity contribution in [2.75, 3.05) is 4.90 Å². The zero-order chi connectivity index (χ0) is 17.7. The highest BCUT2D eigenvalue weighted by Crippen LogP contribution is 2.37. The Hall–Kier alpha value is -3.25. The molecular weight excluding hydrogens is 344 g/mol. The van der Waals surface area contributed by atoms with Gasteiger partial charge >= 0.3 is 0 Å². The second-order valence-corrected chi connectivity index (χ2v) is 5.98. The van der Waals surface area contributed by atoms with Gasteiger partial charge in [0.25, 0.3) is 17.5 Å². The number of hydrogen-bond acceptors (Lipinski definition) is 4. The smallest absolute Gasteiger partial charge is 0.268 e. The number of rotatable bonds is 2. The van der Waals surface area contributed by atoms with E-state index in [-0.39, 0.29) is 10.7 Å². The summed E-state index contributed by atoms with van der Waals surface area (Å²) in [6, 6.07) is 14.1. The van der Waals surface area contributed by atoms with Gasteiger partial charge in [-0.1, -0.05) is 35.9 Å². The summed E-state index contributed by atoms with van der Waals surface area (Å²) in [7, 11) is 0. The first kappa shape index (κ1) is 15.3. The summed E-state index contributed by atoms with van der Waals surface area (Å²) < 4.78 is 0. The average Bonchev–Trinajstić information content (AvgIpc) is 2.60. The number of benzene rings is 3. The molecule has 0 atom stereocenters. The van der Waals surface area contributed by atoms with E-state index < -0.39 is 22.4 Å². The lowest BCUT2D eigenvalue weighted by atomic mass is 9.93. The minimum Gasteiger partial charge on any atom is -0.268 e. The van der Waals surface area contributed by atoms with Crippen LogP contribution in [0.3, 0.4) is 0 Å². The molecule has 1 heterocycles. The van der Waals surface area contributed by atoms with Crippen molar-refractivity contribution in [3.63, 3.8) is 0 Å². The lowest BCUT2D eigenvalue weighted by molar-refractivity contribution is -0.384. The van der Waals surface area contributed by atoms with Crippen LogP contribution in [0.4, 0.5) is 11.4 Å². The summed E-state index contributed by atoms with van der Waals surface area (Å²) in [5.41, 5.74) is 0.158. The van der Waals surface area contributed by atoms with Crippen molar-refractivity contribution >= 4 is 45.6 Å². The van der Waals surface area contributed by atoms with Crippen LogP contribution in [0.15, 0.2) is 54.6 Å². The number of hydrogen-bond donors (Lipinski definition) is 0. The molecule has 2 amide bonds. The van der Waals surface area contributed by atoms with Gasteiger partial charge in [0.05, 0.1) is 4.92 Å². The van der Waals surface area contributed by atoms with Crippen molar-refractivity contribution in [1.82, 2.24) is 0 Å². The second kappa shape index (κ2) is 5.39. The third-order valence-electron chi connectivity index (χ3n) is 4.15. The molecule has 0 fully saturated rings. The molecule has 3 aromatic rings. The fraction of sp³-hybridized carbons (Fsp3) is 0. The number of imide groups is 1. The van der Waals surface area contributed by atoms with E-state index in [1.54, 1.807) is 24.3 Å². The standard InChI is InChI=1S/C18H9ClN2O4/c19-11-7-8-14(15(9-11)21(24)25)20-17(22)12-5-1-3-10-4-2-6-13(16(10)12)18(20)23/h1-9H. The highest BCUT2D eigenvalue weighted by atomic mass is 35.5. The number of anilines is 1. The third kappa shape index (κ3) is 2.19. The van der Waals surface area contributed by atoms with Crippen LogP contribution in [-0.4, -0.2) is 16.7 Å². The molecule has 0 spiro atoms. The molecule has 122 valence electrons. The molecule has 4 rings (SSSR count). The number of carbonyl (C=O) groups is 2. The average molecular weight is 353 g/mol.